The minimum Gasteiger partial charge on any atom is -0.444 e. The standard InChI is InChI=1S/C17H22N4O3/c1-16(2,3)24-15(23)18-11-17(7-8-17)14(22)20-12-10-21-9-5-4-6-13(21)19-12/h4-6,9-10H,7-8,11H2,1-3H3,(H,18,23)(H,20,22). The van der Waals surface area contributed by atoms with Gasteiger partial charge >= 0.3 is 6.09 Å². The molecule has 24 heavy (non-hydrogen) atoms. The van der Waals surface area contributed by atoms with Crippen LogP contribution in [-0.4, -0.2) is 33.5 Å². The number of aromatic nitrogens is 2. The van der Waals surface area contributed by atoms with Crippen LogP contribution in [0.25, 0.3) is 5.65 Å². The molecule has 0 aliphatic heterocycles. The number of carbonyl (C=O) groups excluding carboxylic acids is 2. The number of fused-ring (bicyclic) bond motifs is 1. The SMILES string of the molecule is CC(C)(C)OC(=O)NCC1(C(=O)Nc2cn3ccccc3n2)CC1. The first-order valence-electron chi connectivity index (χ1n) is 8.00. The summed E-state index contributed by atoms with van der Waals surface area (Å²) in [6.07, 6.45) is 4.61. The lowest BCUT2D eigenvalue weighted by molar-refractivity contribution is -0.120. The van der Waals surface area contributed by atoms with Gasteiger partial charge in [0.15, 0.2) is 5.82 Å². The Balaban J connectivity index is 1.59. The molecule has 0 unspecified atom stereocenters. The van der Waals surface area contributed by atoms with Crippen molar-refractivity contribution in [2.24, 2.45) is 5.41 Å². The second kappa shape index (κ2) is 5.81. The fraction of sp³-hybridized carbons (Fsp3) is 0.471. The van der Waals surface area contributed by atoms with Gasteiger partial charge in [0, 0.05) is 12.7 Å². The van der Waals surface area contributed by atoms with Gasteiger partial charge in [-0.25, -0.2) is 9.78 Å². The van der Waals surface area contributed by atoms with Crippen LogP contribution in [0.15, 0.2) is 30.6 Å². The number of anilines is 1. The number of carbonyl (C=O) groups is 2. The van der Waals surface area contributed by atoms with Gasteiger partial charge in [0.05, 0.1) is 11.6 Å². The number of hydrogen-bond donors (Lipinski definition) is 2. The maximum Gasteiger partial charge on any atom is 0.407 e. The van der Waals surface area contributed by atoms with E-state index in [1.54, 1.807) is 27.0 Å². The highest BCUT2D eigenvalue weighted by atomic mass is 16.6. The van der Waals surface area contributed by atoms with E-state index < -0.39 is 17.1 Å². The molecule has 1 fully saturated rings. The van der Waals surface area contributed by atoms with E-state index in [-0.39, 0.29) is 12.5 Å². The summed E-state index contributed by atoms with van der Waals surface area (Å²) in [5, 5.41) is 5.53. The van der Waals surface area contributed by atoms with Gasteiger partial charge in [-0.1, -0.05) is 6.07 Å². The van der Waals surface area contributed by atoms with Gasteiger partial charge in [-0.2, -0.15) is 0 Å². The minimum atomic E-state index is -0.563. The summed E-state index contributed by atoms with van der Waals surface area (Å²) in [6.45, 7) is 5.67. The molecule has 2 aromatic rings. The number of ether oxygens (including phenoxy) is 1. The highest BCUT2D eigenvalue weighted by Gasteiger charge is 2.50. The van der Waals surface area contributed by atoms with Crippen molar-refractivity contribution in [3.05, 3.63) is 30.6 Å². The number of imidazole rings is 1. The molecule has 128 valence electrons. The van der Waals surface area contributed by atoms with Gasteiger partial charge in [-0.3, -0.25) is 4.79 Å². The van der Waals surface area contributed by atoms with Crippen LogP contribution in [0.2, 0.25) is 0 Å². The van der Waals surface area contributed by atoms with Gasteiger partial charge in [0.25, 0.3) is 0 Å². The highest BCUT2D eigenvalue weighted by Crippen LogP contribution is 2.46. The first kappa shape index (κ1) is 16.3. The van der Waals surface area contributed by atoms with Gasteiger partial charge in [0.1, 0.15) is 11.2 Å². The van der Waals surface area contributed by atoms with Crippen molar-refractivity contribution >= 4 is 23.5 Å². The molecule has 2 heterocycles. The third kappa shape index (κ3) is 3.67. The fourth-order valence-electron chi connectivity index (χ4n) is 2.43. The normalized spacial score (nSPS) is 15.8. The molecule has 0 aromatic carbocycles. The second-order valence-electron chi connectivity index (χ2n) is 7.18. The lowest BCUT2D eigenvalue weighted by Crippen LogP contribution is -2.39. The predicted octanol–water partition coefficient (Wildman–Crippen LogP) is 2.58. The van der Waals surface area contributed by atoms with Crippen molar-refractivity contribution in [2.45, 2.75) is 39.2 Å². The molecule has 2 N–H and O–H groups in total. The van der Waals surface area contributed by atoms with Crippen LogP contribution in [-0.2, 0) is 9.53 Å². The minimum absolute atomic E-state index is 0.123. The lowest BCUT2D eigenvalue weighted by Gasteiger charge is -2.21. The monoisotopic (exact) mass is 330 g/mol. The molecular weight excluding hydrogens is 308 g/mol. The van der Waals surface area contributed by atoms with Crippen LogP contribution in [0.5, 0.6) is 0 Å². The molecule has 0 atom stereocenters. The summed E-state index contributed by atoms with van der Waals surface area (Å²) in [5.41, 5.74) is -0.351. The van der Waals surface area contributed by atoms with Gasteiger partial charge in [0.2, 0.25) is 5.91 Å². The molecule has 1 saturated carbocycles. The fourth-order valence-corrected chi connectivity index (χ4v) is 2.43. The molecule has 7 nitrogen and oxygen atoms in total. The van der Waals surface area contributed by atoms with Gasteiger partial charge in [-0.15, -0.1) is 0 Å². The smallest absolute Gasteiger partial charge is 0.407 e. The van der Waals surface area contributed by atoms with Crippen LogP contribution in [0.1, 0.15) is 33.6 Å². The summed E-state index contributed by atoms with van der Waals surface area (Å²) in [7, 11) is 0. The molecule has 3 rings (SSSR count). The van der Waals surface area contributed by atoms with E-state index in [9.17, 15) is 9.59 Å². The quantitative estimate of drug-likeness (QED) is 0.902. The number of nitrogens with zero attached hydrogens (tertiary/aromatic N) is 2. The molecule has 1 aliphatic rings. The molecule has 0 spiro atoms. The Kier molecular flexibility index (Phi) is 3.95. The van der Waals surface area contributed by atoms with Crippen molar-refractivity contribution in [2.75, 3.05) is 11.9 Å². The van der Waals surface area contributed by atoms with E-state index >= 15 is 0 Å². The average molecular weight is 330 g/mol. The zero-order valence-electron chi connectivity index (χ0n) is 14.1. The van der Waals surface area contributed by atoms with Crippen LogP contribution in [0.3, 0.4) is 0 Å². The molecule has 7 heteroatoms. The topological polar surface area (TPSA) is 84.7 Å². The summed E-state index contributed by atoms with van der Waals surface area (Å²) in [5.74, 6) is 0.386. The van der Waals surface area contributed by atoms with Gasteiger partial charge in [-0.05, 0) is 45.7 Å². The number of amides is 2. The van der Waals surface area contributed by atoms with E-state index in [2.05, 4.69) is 15.6 Å². The number of hydrogen-bond acceptors (Lipinski definition) is 4. The number of rotatable bonds is 4. The van der Waals surface area contributed by atoms with E-state index in [1.165, 1.54) is 0 Å². The van der Waals surface area contributed by atoms with Gasteiger partial charge < -0.3 is 19.8 Å². The van der Waals surface area contributed by atoms with E-state index in [0.717, 1.165) is 18.5 Å². The average Bonchev–Trinajstić information content (AvgIpc) is 3.17. The van der Waals surface area contributed by atoms with Crippen LogP contribution in [0.4, 0.5) is 10.6 Å². The Morgan fingerprint density at radius 1 is 1.33 bits per heavy atom. The Hall–Kier alpha value is -2.57. The summed E-state index contributed by atoms with van der Waals surface area (Å²) >= 11 is 0. The number of alkyl carbamates (subject to hydrolysis) is 1. The molecule has 0 radical (unpaired) electrons. The summed E-state index contributed by atoms with van der Waals surface area (Å²) in [6, 6.07) is 5.65. The third-order valence-corrected chi connectivity index (χ3v) is 3.91. The molecule has 2 aromatic heterocycles. The molecular formula is C17H22N4O3. The largest absolute Gasteiger partial charge is 0.444 e. The predicted molar refractivity (Wildman–Crippen MR) is 89.7 cm³/mol. The first-order valence-corrected chi connectivity index (χ1v) is 8.00. The van der Waals surface area contributed by atoms with Crippen molar-refractivity contribution in [3.63, 3.8) is 0 Å². The van der Waals surface area contributed by atoms with E-state index in [1.807, 2.05) is 28.8 Å². The van der Waals surface area contributed by atoms with Crippen LogP contribution < -0.4 is 10.6 Å². The highest BCUT2D eigenvalue weighted by molar-refractivity contribution is 5.97. The maximum atomic E-state index is 12.5. The molecule has 2 amide bonds. The molecule has 0 bridgehead atoms. The maximum absolute atomic E-state index is 12.5. The third-order valence-electron chi connectivity index (χ3n) is 3.91. The van der Waals surface area contributed by atoms with Crippen molar-refractivity contribution in [1.29, 1.82) is 0 Å². The van der Waals surface area contributed by atoms with Crippen LogP contribution >= 0.6 is 0 Å². The second-order valence-corrected chi connectivity index (χ2v) is 7.18. The van der Waals surface area contributed by atoms with Crippen molar-refractivity contribution < 1.29 is 14.3 Å². The van der Waals surface area contributed by atoms with E-state index in [0.29, 0.717) is 5.82 Å². The summed E-state index contributed by atoms with van der Waals surface area (Å²) < 4.78 is 7.04. The first-order chi connectivity index (χ1) is 11.3. The lowest BCUT2D eigenvalue weighted by atomic mass is 10.1. The van der Waals surface area contributed by atoms with Crippen LogP contribution in [0, 0.1) is 5.41 Å². The Bertz CT molecular complexity index is 738. The van der Waals surface area contributed by atoms with Crippen molar-refractivity contribution in [1.82, 2.24) is 14.7 Å². The molecule has 1 aliphatic carbocycles. The van der Waals surface area contributed by atoms with E-state index in [4.69, 9.17) is 4.74 Å². The Morgan fingerprint density at radius 2 is 2.08 bits per heavy atom. The molecule has 0 saturated heterocycles. The number of nitrogens with one attached hydrogen (secondary N) is 2. The zero-order chi connectivity index (χ0) is 17.4. The van der Waals surface area contributed by atoms with Crippen molar-refractivity contribution in [3.8, 4) is 0 Å². The Morgan fingerprint density at radius 3 is 2.71 bits per heavy atom. The number of pyridine rings is 1. The summed E-state index contributed by atoms with van der Waals surface area (Å²) in [4.78, 5) is 28.6. The Labute approximate surface area is 140 Å². The zero-order valence-corrected chi connectivity index (χ0v) is 14.1.